The van der Waals surface area contributed by atoms with Gasteiger partial charge in [0.1, 0.15) is 0 Å². The third kappa shape index (κ3) is 1.48. The van der Waals surface area contributed by atoms with Crippen molar-refractivity contribution < 1.29 is 0 Å². The molecule has 0 aliphatic heterocycles. The second kappa shape index (κ2) is 3.06. The van der Waals surface area contributed by atoms with Crippen LogP contribution < -0.4 is 11.5 Å². The van der Waals surface area contributed by atoms with Crippen molar-refractivity contribution >= 4 is 22.7 Å². The molecule has 13 heavy (non-hydrogen) atoms. The molecule has 0 saturated heterocycles. The molecule has 0 unspecified atom stereocenters. The molecule has 0 bridgehead atoms. The van der Waals surface area contributed by atoms with Crippen LogP contribution in [0.25, 0.3) is 11.3 Å². The van der Waals surface area contributed by atoms with Gasteiger partial charge in [-0.1, -0.05) is 6.07 Å². The largest absolute Gasteiger partial charge is 0.397 e. The predicted molar refractivity (Wildman–Crippen MR) is 56.4 cm³/mol. The summed E-state index contributed by atoms with van der Waals surface area (Å²) in [5.41, 5.74) is 16.2. The van der Waals surface area contributed by atoms with Gasteiger partial charge in [-0.15, -0.1) is 11.3 Å². The minimum absolute atomic E-state index is 0.602. The number of nitrogens with zero attached hydrogens (tertiary/aromatic N) is 1. The molecule has 0 spiro atoms. The maximum absolute atomic E-state index is 5.68. The molecule has 0 atom stereocenters. The number of rotatable bonds is 1. The van der Waals surface area contributed by atoms with E-state index in [4.69, 9.17) is 11.5 Å². The van der Waals surface area contributed by atoms with Gasteiger partial charge in [0.05, 0.1) is 22.6 Å². The van der Waals surface area contributed by atoms with Gasteiger partial charge < -0.3 is 11.5 Å². The number of hydrogen-bond donors (Lipinski definition) is 2. The topological polar surface area (TPSA) is 64.9 Å². The fourth-order valence-electron chi connectivity index (χ4n) is 1.09. The predicted octanol–water partition coefficient (Wildman–Crippen LogP) is 1.97. The summed E-state index contributed by atoms with van der Waals surface area (Å²) in [6.45, 7) is 0. The summed E-state index contributed by atoms with van der Waals surface area (Å²) in [7, 11) is 0. The number of benzene rings is 1. The van der Waals surface area contributed by atoms with E-state index in [9.17, 15) is 0 Å². The number of nitrogens with two attached hydrogens (primary N) is 2. The van der Waals surface area contributed by atoms with Gasteiger partial charge in [0.15, 0.2) is 0 Å². The zero-order valence-corrected chi connectivity index (χ0v) is 7.71. The maximum atomic E-state index is 5.68. The van der Waals surface area contributed by atoms with E-state index in [2.05, 4.69) is 4.98 Å². The summed E-state index contributed by atoms with van der Waals surface area (Å²) in [6.07, 6.45) is 0. The van der Waals surface area contributed by atoms with E-state index < -0.39 is 0 Å². The van der Waals surface area contributed by atoms with E-state index in [0.717, 1.165) is 11.3 Å². The SMILES string of the molecule is Nc1ccc(-c2cscn2)cc1N. The smallest absolute Gasteiger partial charge is 0.0811 e. The highest BCUT2D eigenvalue weighted by molar-refractivity contribution is 7.07. The molecule has 4 heteroatoms. The van der Waals surface area contributed by atoms with Gasteiger partial charge in [-0.25, -0.2) is 4.98 Å². The third-order valence-electron chi connectivity index (χ3n) is 1.81. The summed E-state index contributed by atoms with van der Waals surface area (Å²) >= 11 is 1.56. The number of nitrogen functional groups attached to an aromatic ring is 2. The zero-order valence-electron chi connectivity index (χ0n) is 6.90. The summed E-state index contributed by atoms with van der Waals surface area (Å²) in [6, 6.07) is 5.55. The molecule has 1 aromatic heterocycles. The number of thiazole rings is 1. The second-order valence-corrected chi connectivity index (χ2v) is 3.44. The Morgan fingerprint density at radius 3 is 2.62 bits per heavy atom. The van der Waals surface area contributed by atoms with Gasteiger partial charge in [0.2, 0.25) is 0 Å². The molecule has 2 aromatic rings. The van der Waals surface area contributed by atoms with E-state index in [1.54, 1.807) is 22.9 Å². The molecule has 0 aliphatic rings. The van der Waals surface area contributed by atoms with Crippen LogP contribution in [0.15, 0.2) is 29.1 Å². The van der Waals surface area contributed by atoms with Crippen LogP contribution in [0.4, 0.5) is 11.4 Å². The Hall–Kier alpha value is -1.55. The van der Waals surface area contributed by atoms with Crippen LogP contribution in [0.1, 0.15) is 0 Å². The normalized spacial score (nSPS) is 10.2. The lowest BCUT2D eigenvalue weighted by atomic mass is 10.1. The Labute approximate surface area is 80.0 Å². The summed E-state index contributed by atoms with van der Waals surface area (Å²) in [5.74, 6) is 0. The minimum Gasteiger partial charge on any atom is -0.397 e. The van der Waals surface area contributed by atoms with Gasteiger partial charge >= 0.3 is 0 Å². The van der Waals surface area contributed by atoms with Crippen LogP contribution in [0.2, 0.25) is 0 Å². The van der Waals surface area contributed by atoms with Crippen LogP contribution in [0.3, 0.4) is 0 Å². The lowest BCUT2D eigenvalue weighted by Crippen LogP contribution is -1.94. The summed E-state index contributed by atoms with van der Waals surface area (Å²) in [5, 5.41) is 1.98. The van der Waals surface area contributed by atoms with Crippen molar-refractivity contribution in [1.82, 2.24) is 4.98 Å². The Kier molecular flexibility index (Phi) is 1.90. The summed E-state index contributed by atoms with van der Waals surface area (Å²) in [4.78, 5) is 4.18. The van der Waals surface area contributed by atoms with Crippen LogP contribution in [0, 0.1) is 0 Å². The molecule has 4 N–H and O–H groups in total. The van der Waals surface area contributed by atoms with Crippen molar-refractivity contribution in [3.8, 4) is 11.3 Å². The van der Waals surface area contributed by atoms with Crippen molar-refractivity contribution in [2.45, 2.75) is 0 Å². The van der Waals surface area contributed by atoms with E-state index in [-0.39, 0.29) is 0 Å². The fourth-order valence-corrected chi connectivity index (χ4v) is 1.65. The van der Waals surface area contributed by atoms with E-state index in [1.165, 1.54) is 0 Å². The van der Waals surface area contributed by atoms with Crippen molar-refractivity contribution in [1.29, 1.82) is 0 Å². The quantitative estimate of drug-likeness (QED) is 0.677. The first-order valence-corrected chi connectivity index (χ1v) is 4.75. The van der Waals surface area contributed by atoms with Crippen LogP contribution in [-0.4, -0.2) is 4.98 Å². The van der Waals surface area contributed by atoms with Crippen molar-refractivity contribution in [3.05, 3.63) is 29.1 Å². The first-order valence-electron chi connectivity index (χ1n) is 3.81. The first kappa shape index (κ1) is 8.07. The summed E-state index contributed by atoms with van der Waals surface area (Å²) < 4.78 is 0. The highest BCUT2D eigenvalue weighted by atomic mass is 32.1. The van der Waals surface area contributed by atoms with E-state index in [1.807, 2.05) is 17.5 Å². The van der Waals surface area contributed by atoms with Crippen molar-refractivity contribution in [2.75, 3.05) is 11.5 Å². The zero-order chi connectivity index (χ0) is 9.26. The maximum Gasteiger partial charge on any atom is 0.0811 e. The van der Waals surface area contributed by atoms with E-state index in [0.29, 0.717) is 11.4 Å². The Morgan fingerprint density at radius 1 is 1.15 bits per heavy atom. The Morgan fingerprint density at radius 2 is 2.00 bits per heavy atom. The standard InChI is InChI=1S/C9H9N3S/c10-7-2-1-6(3-8(7)11)9-4-13-5-12-9/h1-5H,10-11H2. The van der Waals surface area contributed by atoms with Gasteiger partial charge in [-0.2, -0.15) is 0 Å². The number of hydrogen-bond acceptors (Lipinski definition) is 4. The fraction of sp³-hybridized carbons (Fsp3) is 0. The van der Waals surface area contributed by atoms with Gasteiger partial charge in [0, 0.05) is 10.9 Å². The molecule has 0 saturated carbocycles. The second-order valence-electron chi connectivity index (χ2n) is 2.72. The molecular formula is C9H9N3S. The highest BCUT2D eigenvalue weighted by Gasteiger charge is 2.01. The molecule has 66 valence electrons. The molecule has 0 fully saturated rings. The molecule has 1 aromatic carbocycles. The monoisotopic (exact) mass is 191 g/mol. The molecule has 2 rings (SSSR count). The Balaban J connectivity index is 2.49. The number of anilines is 2. The molecule has 0 aliphatic carbocycles. The average molecular weight is 191 g/mol. The van der Waals surface area contributed by atoms with Gasteiger partial charge in [-0.3, -0.25) is 0 Å². The van der Waals surface area contributed by atoms with Crippen LogP contribution in [0.5, 0.6) is 0 Å². The van der Waals surface area contributed by atoms with Gasteiger partial charge in [0.25, 0.3) is 0 Å². The third-order valence-corrected chi connectivity index (χ3v) is 2.40. The van der Waals surface area contributed by atoms with Crippen molar-refractivity contribution in [2.24, 2.45) is 0 Å². The number of aromatic nitrogens is 1. The molecule has 1 heterocycles. The molecular weight excluding hydrogens is 182 g/mol. The molecule has 0 radical (unpaired) electrons. The lowest BCUT2D eigenvalue weighted by Gasteiger charge is -2.01. The Bertz CT molecular complexity index is 409. The average Bonchev–Trinajstić information content (AvgIpc) is 2.62. The van der Waals surface area contributed by atoms with Crippen LogP contribution >= 0.6 is 11.3 Å². The minimum atomic E-state index is 0.602. The van der Waals surface area contributed by atoms with Gasteiger partial charge in [-0.05, 0) is 12.1 Å². The molecule has 3 nitrogen and oxygen atoms in total. The first-order chi connectivity index (χ1) is 6.27. The highest BCUT2D eigenvalue weighted by Crippen LogP contribution is 2.24. The molecule has 0 amide bonds. The van der Waals surface area contributed by atoms with E-state index >= 15 is 0 Å². The van der Waals surface area contributed by atoms with Crippen LogP contribution in [-0.2, 0) is 0 Å². The lowest BCUT2D eigenvalue weighted by molar-refractivity contribution is 1.41. The van der Waals surface area contributed by atoms with Crippen molar-refractivity contribution in [3.63, 3.8) is 0 Å².